The average Bonchev–Trinajstić information content (AvgIpc) is 3.01. The highest BCUT2D eigenvalue weighted by Crippen LogP contribution is 2.39. The molecule has 1 unspecified atom stereocenters. The summed E-state index contributed by atoms with van der Waals surface area (Å²) in [6.45, 7) is 0.386. The van der Waals surface area contributed by atoms with Crippen molar-refractivity contribution in [2.75, 3.05) is 19.5 Å². The number of benzene rings is 3. The highest BCUT2D eigenvalue weighted by molar-refractivity contribution is 6.31. The van der Waals surface area contributed by atoms with Gasteiger partial charge in [-0.3, -0.25) is 4.79 Å². The number of methoxy groups -OCH3 is 2. The average molecular weight is 409 g/mol. The number of hydrogen-bond acceptors (Lipinski definition) is 4. The van der Waals surface area contributed by atoms with Gasteiger partial charge in [-0.25, -0.2) is 0 Å². The maximum atomic E-state index is 13.2. The molecule has 0 aliphatic carbocycles. The zero-order chi connectivity index (χ0) is 20.4. The summed E-state index contributed by atoms with van der Waals surface area (Å²) in [5.74, 6) is 1.32. The van der Waals surface area contributed by atoms with E-state index in [-0.39, 0.29) is 12.1 Å². The van der Waals surface area contributed by atoms with Gasteiger partial charge >= 0.3 is 0 Å². The fraction of sp³-hybridized carbons (Fsp3) is 0.174. The van der Waals surface area contributed by atoms with E-state index in [2.05, 4.69) is 5.32 Å². The molecule has 0 radical (unpaired) electrons. The quantitative estimate of drug-likeness (QED) is 0.614. The molecule has 148 valence electrons. The minimum absolute atomic E-state index is 0.0418. The third-order valence-corrected chi connectivity index (χ3v) is 5.42. The number of fused-ring (bicyclic) bond motifs is 1. The second kappa shape index (κ2) is 8.05. The summed E-state index contributed by atoms with van der Waals surface area (Å²) >= 11 is 6.36. The number of halogens is 1. The minimum atomic E-state index is -0.365. The fourth-order valence-electron chi connectivity index (χ4n) is 3.57. The Balaban J connectivity index is 1.74. The zero-order valence-electron chi connectivity index (χ0n) is 16.2. The second-order valence-electron chi connectivity index (χ2n) is 6.72. The molecule has 0 spiro atoms. The summed E-state index contributed by atoms with van der Waals surface area (Å²) in [5, 5.41) is 4.10. The van der Waals surface area contributed by atoms with Crippen molar-refractivity contribution in [3.8, 4) is 11.5 Å². The van der Waals surface area contributed by atoms with Gasteiger partial charge in [0.25, 0.3) is 5.91 Å². The van der Waals surface area contributed by atoms with Crippen LogP contribution in [0.3, 0.4) is 0 Å². The second-order valence-corrected chi connectivity index (χ2v) is 7.13. The van der Waals surface area contributed by atoms with Crippen molar-refractivity contribution in [1.82, 2.24) is 4.90 Å². The molecule has 0 saturated heterocycles. The minimum Gasteiger partial charge on any atom is -0.497 e. The lowest BCUT2D eigenvalue weighted by atomic mass is 10.1. The van der Waals surface area contributed by atoms with Gasteiger partial charge in [-0.05, 0) is 29.8 Å². The van der Waals surface area contributed by atoms with E-state index in [1.165, 1.54) is 0 Å². The number of nitrogens with one attached hydrogen (secondary N) is 1. The van der Waals surface area contributed by atoms with E-state index in [9.17, 15) is 4.79 Å². The molecule has 5 nitrogen and oxygen atoms in total. The number of ether oxygens (including phenoxy) is 2. The highest BCUT2D eigenvalue weighted by atomic mass is 35.5. The van der Waals surface area contributed by atoms with E-state index < -0.39 is 0 Å². The molecule has 3 aromatic rings. The van der Waals surface area contributed by atoms with Gasteiger partial charge in [-0.15, -0.1) is 0 Å². The lowest BCUT2D eigenvalue weighted by Crippen LogP contribution is -2.32. The van der Waals surface area contributed by atoms with Gasteiger partial charge in [-0.2, -0.15) is 0 Å². The van der Waals surface area contributed by atoms with E-state index in [1.54, 1.807) is 19.1 Å². The van der Waals surface area contributed by atoms with Crippen LogP contribution >= 0.6 is 11.6 Å². The molecule has 1 aliphatic heterocycles. The Morgan fingerprint density at radius 2 is 1.76 bits per heavy atom. The van der Waals surface area contributed by atoms with E-state index in [4.69, 9.17) is 21.1 Å². The Morgan fingerprint density at radius 3 is 2.52 bits per heavy atom. The van der Waals surface area contributed by atoms with Crippen LogP contribution in [0.5, 0.6) is 11.5 Å². The number of carbonyl (C=O) groups excluding carboxylic acids is 1. The number of rotatable bonds is 6. The molecule has 0 fully saturated rings. The van der Waals surface area contributed by atoms with Crippen LogP contribution in [0.4, 0.5) is 5.69 Å². The first-order chi connectivity index (χ1) is 14.1. The molecule has 6 heteroatoms. The molecule has 1 N–H and O–H groups in total. The van der Waals surface area contributed by atoms with E-state index in [0.717, 1.165) is 16.8 Å². The Hall–Kier alpha value is -3.18. The Kier molecular flexibility index (Phi) is 5.32. The molecule has 1 aliphatic rings. The number of anilines is 1. The SMILES string of the molecule is COc1ccc(OC)c(NC2c3ccccc3C(=O)N2Cc2ccccc2Cl)c1. The van der Waals surface area contributed by atoms with Crippen molar-refractivity contribution >= 4 is 23.2 Å². The van der Waals surface area contributed by atoms with Crippen LogP contribution in [0.1, 0.15) is 27.7 Å². The smallest absolute Gasteiger partial charge is 0.256 e. The molecule has 0 aromatic heterocycles. The summed E-state index contributed by atoms with van der Waals surface area (Å²) in [4.78, 5) is 15.0. The van der Waals surface area contributed by atoms with Gasteiger partial charge in [-0.1, -0.05) is 48.0 Å². The lowest BCUT2D eigenvalue weighted by Gasteiger charge is -2.28. The first-order valence-electron chi connectivity index (χ1n) is 9.24. The molecule has 4 rings (SSSR count). The number of carbonyl (C=O) groups is 1. The van der Waals surface area contributed by atoms with Crippen LogP contribution in [0.15, 0.2) is 66.7 Å². The third kappa shape index (κ3) is 3.61. The van der Waals surface area contributed by atoms with E-state index >= 15 is 0 Å². The van der Waals surface area contributed by atoms with Crippen LogP contribution in [0.2, 0.25) is 5.02 Å². The summed E-state index contributed by atoms with van der Waals surface area (Å²) in [7, 11) is 3.23. The van der Waals surface area contributed by atoms with Crippen LogP contribution in [-0.4, -0.2) is 25.0 Å². The maximum Gasteiger partial charge on any atom is 0.256 e. The number of nitrogens with zero attached hydrogens (tertiary/aromatic N) is 1. The van der Waals surface area contributed by atoms with E-state index in [1.807, 2.05) is 66.7 Å². The monoisotopic (exact) mass is 408 g/mol. The molecule has 0 saturated carbocycles. The standard InChI is InChI=1S/C23H21ClN2O3/c1-28-16-11-12-21(29-2)20(13-16)25-22-17-8-4-5-9-18(17)23(27)26(22)14-15-7-3-6-10-19(15)24/h3-13,22,25H,14H2,1-2H3. The predicted octanol–water partition coefficient (Wildman–Crippen LogP) is 5.12. The predicted molar refractivity (Wildman–Crippen MR) is 114 cm³/mol. The van der Waals surface area contributed by atoms with Crippen LogP contribution in [-0.2, 0) is 6.54 Å². The van der Waals surface area contributed by atoms with Crippen molar-refractivity contribution in [1.29, 1.82) is 0 Å². The molecule has 1 heterocycles. The zero-order valence-corrected chi connectivity index (χ0v) is 16.9. The highest BCUT2D eigenvalue weighted by Gasteiger charge is 2.37. The summed E-state index contributed by atoms with van der Waals surface area (Å²) in [6.07, 6.45) is -0.365. The first kappa shape index (κ1) is 19.2. The van der Waals surface area contributed by atoms with Crippen LogP contribution in [0.25, 0.3) is 0 Å². The van der Waals surface area contributed by atoms with Crippen molar-refractivity contribution in [2.24, 2.45) is 0 Å². The summed E-state index contributed by atoms with van der Waals surface area (Å²) in [6, 6.07) is 20.7. The van der Waals surface area contributed by atoms with Crippen LogP contribution < -0.4 is 14.8 Å². The van der Waals surface area contributed by atoms with Gasteiger partial charge in [0.15, 0.2) is 0 Å². The fourth-order valence-corrected chi connectivity index (χ4v) is 3.77. The van der Waals surface area contributed by atoms with Crippen molar-refractivity contribution < 1.29 is 14.3 Å². The molecular weight excluding hydrogens is 388 g/mol. The number of amides is 1. The Morgan fingerprint density at radius 1 is 1.00 bits per heavy atom. The third-order valence-electron chi connectivity index (χ3n) is 5.06. The van der Waals surface area contributed by atoms with Crippen molar-refractivity contribution in [2.45, 2.75) is 12.7 Å². The molecule has 29 heavy (non-hydrogen) atoms. The largest absolute Gasteiger partial charge is 0.497 e. The van der Waals surface area contributed by atoms with Crippen molar-refractivity contribution in [3.63, 3.8) is 0 Å². The molecule has 0 bridgehead atoms. The lowest BCUT2D eigenvalue weighted by molar-refractivity contribution is 0.0728. The van der Waals surface area contributed by atoms with Crippen molar-refractivity contribution in [3.05, 3.63) is 88.4 Å². The van der Waals surface area contributed by atoms with Gasteiger partial charge in [0.1, 0.15) is 17.7 Å². The summed E-state index contributed by atoms with van der Waals surface area (Å²) < 4.78 is 10.9. The molecule has 1 atom stereocenters. The maximum absolute atomic E-state index is 13.2. The molecule has 3 aromatic carbocycles. The van der Waals surface area contributed by atoms with Gasteiger partial charge < -0.3 is 19.7 Å². The first-order valence-corrected chi connectivity index (χ1v) is 9.62. The van der Waals surface area contributed by atoms with E-state index in [0.29, 0.717) is 28.6 Å². The topological polar surface area (TPSA) is 50.8 Å². The van der Waals surface area contributed by atoms with Crippen LogP contribution in [0, 0.1) is 0 Å². The normalized spacial score (nSPS) is 15.2. The Bertz CT molecular complexity index is 1050. The molecule has 1 amide bonds. The Labute approximate surface area is 174 Å². The van der Waals surface area contributed by atoms with Gasteiger partial charge in [0.2, 0.25) is 0 Å². The summed E-state index contributed by atoms with van der Waals surface area (Å²) in [5.41, 5.74) is 3.22. The number of hydrogen-bond donors (Lipinski definition) is 1. The van der Waals surface area contributed by atoms with Gasteiger partial charge in [0.05, 0.1) is 19.9 Å². The van der Waals surface area contributed by atoms with Gasteiger partial charge in [0, 0.05) is 28.8 Å². The molecular formula is C23H21ClN2O3.